The van der Waals surface area contributed by atoms with Gasteiger partial charge in [-0.2, -0.15) is 0 Å². The average molecular weight is 264 g/mol. The van der Waals surface area contributed by atoms with Crippen molar-refractivity contribution in [2.45, 2.75) is 20.3 Å². The minimum Gasteiger partial charge on any atom is -0.466 e. The van der Waals surface area contributed by atoms with E-state index >= 15 is 0 Å². The summed E-state index contributed by atoms with van der Waals surface area (Å²) in [5, 5.41) is 0. The Bertz CT molecular complexity index is 406. The molecule has 0 aliphatic heterocycles. The van der Waals surface area contributed by atoms with Crippen LogP contribution in [0.15, 0.2) is 30.3 Å². The van der Waals surface area contributed by atoms with E-state index < -0.39 is 0 Å². The van der Waals surface area contributed by atoms with Gasteiger partial charge in [0.2, 0.25) is 0 Å². The van der Waals surface area contributed by atoms with Gasteiger partial charge in [-0.05, 0) is 25.0 Å². The second kappa shape index (κ2) is 8.26. The fraction of sp³-hybridized carbons (Fsp3) is 0.429. The number of amides is 1. The Kier molecular flexibility index (Phi) is 6.60. The van der Waals surface area contributed by atoms with E-state index in [4.69, 9.17) is 4.74 Å². The fourth-order valence-electron chi connectivity index (χ4n) is 1.54. The largest absolute Gasteiger partial charge is 0.466 e. The third kappa shape index (κ3) is 6.01. The number of carbonyl (C=O) groups is 2. The molecule has 104 valence electrons. The Balaban J connectivity index is 2.23. The number of esters is 1. The molecule has 1 unspecified atom stereocenters. The monoisotopic (exact) mass is 264 g/mol. The first-order chi connectivity index (χ1) is 9.13. The van der Waals surface area contributed by atoms with Crippen LogP contribution in [0.2, 0.25) is 0 Å². The number of hydrazine groups is 1. The molecule has 1 aromatic rings. The Morgan fingerprint density at radius 2 is 1.95 bits per heavy atom. The van der Waals surface area contributed by atoms with Crippen LogP contribution >= 0.6 is 0 Å². The second-order valence-corrected chi connectivity index (χ2v) is 4.32. The van der Waals surface area contributed by atoms with Gasteiger partial charge in [-0.1, -0.05) is 25.1 Å². The molecule has 0 aromatic heterocycles. The molecule has 0 radical (unpaired) electrons. The molecule has 0 saturated carbocycles. The predicted octanol–water partition coefficient (Wildman–Crippen LogP) is 1.51. The SMILES string of the molecule is CCOC(=O)CC(C)CNNC(=O)c1ccccc1. The van der Waals surface area contributed by atoms with Crippen molar-refractivity contribution in [1.82, 2.24) is 10.9 Å². The average Bonchev–Trinajstić information content (AvgIpc) is 2.39. The Morgan fingerprint density at radius 3 is 2.58 bits per heavy atom. The van der Waals surface area contributed by atoms with E-state index in [1.165, 1.54) is 0 Å². The van der Waals surface area contributed by atoms with Gasteiger partial charge in [0.15, 0.2) is 0 Å². The number of rotatable bonds is 7. The highest BCUT2D eigenvalue weighted by Crippen LogP contribution is 2.01. The summed E-state index contributed by atoms with van der Waals surface area (Å²) in [5.41, 5.74) is 6.01. The molecular weight excluding hydrogens is 244 g/mol. The topological polar surface area (TPSA) is 67.4 Å². The van der Waals surface area contributed by atoms with Gasteiger partial charge in [-0.3, -0.25) is 15.0 Å². The van der Waals surface area contributed by atoms with Crippen molar-refractivity contribution in [2.24, 2.45) is 5.92 Å². The van der Waals surface area contributed by atoms with E-state index in [9.17, 15) is 9.59 Å². The molecule has 1 amide bonds. The van der Waals surface area contributed by atoms with Crippen molar-refractivity contribution in [1.29, 1.82) is 0 Å². The van der Waals surface area contributed by atoms with Crippen LogP contribution in [0.3, 0.4) is 0 Å². The molecule has 1 aromatic carbocycles. The number of ether oxygens (including phenoxy) is 1. The van der Waals surface area contributed by atoms with Gasteiger partial charge in [-0.25, -0.2) is 5.43 Å². The maximum Gasteiger partial charge on any atom is 0.306 e. The molecule has 0 aliphatic carbocycles. The summed E-state index contributed by atoms with van der Waals surface area (Å²) in [6, 6.07) is 8.93. The number of hydrogen-bond donors (Lipinski definition) is 2. The van der Waals surface area contributed by atoms with Gasteiger partial charge in [0.25, 0.3) is 5.91 Å². The molecule has 0 heterocycles. The summed E-state index contributed by atoms with van der Waals surface area (Å²) in [6.07, 6.45) is 0.335. The van der Waals surface area contributed by atoms with Crippen LogP contribution in [0, 0.1) is 5.92 Å². The zero-order valence-electron chi connectivity index (χ0n) is 11.3. The lowest BCUT2D eigenvalue weighted by Gasteiger charge is -2.12. The van der Waals surface area contributed by atoms with Gasteiger partial charge in [0, 0.05) is 18.5 Å². The first-order valence-corrected chi connectivity index (χ1v) is 6.37. The lowest BCUT2D eigenvalue weighted by Crippen LogP contribution is -2.40. The van der Waals surface area contributed by atoms with Gasteiger partial charge >= 0.3 is 5.97 Å². The molecule has 5 nitrogen and oxygen atoms in total. The zero-order valence-corrected chi connectivity index (χ0v) is 11.3. The first kappa shape index (κ1) is 15.2. The molecule has 0 aliphatic rings. The summed E-state index contributed by atoms with van der Waals surface area (Å²) in [6.45, 7) is 4.60. The van der Waals surface area contributed by atoms with E-state index in [2.05, 4.69) is 10.9 Å². The summed E-state index contributed by atoms with van der Waals surface area (Å²) in [4.78, 5) is 22.9. The van der Waals surface area contributed by atoms with Crippen LogP contribution in [-0.2, 0) is 9.53 Å². The molecule has 0 fully saturated rings. The number of hydrogen-bond acceptors (Lipinski definition) is 4. The first-order valence-electron chi connectivity index (χ1n) is 6.37. The van der Waals surface area contributed by atoms with Crippen LogP contribution in [0.4, 0.5) is 0 Å². The van der Waals surface area contributed by atoms with Crippen molar-refractivity contribution in [3.63, 3.8) is 0 Å². The Morgan fingerprint density at radius 1 is 1.26 bits per heavy atom. The minimum absolute atomic E-state index is 0.0927. The van der Waals surface area contributed by atoms with Crippen molar-refractivity contribution >= 4 is 11.9 Å². The van der Waals surface area contributed by atoms with E-state index in [0.29, 0.717) is 25.1 Å². The third-order valence-corrected chi connectivity index (χ3v) is 2.51. The van der Waals surface area contributed by atoms with Crippen LogP contribution in [-0.4, -0.2) is 25.0 Å². The molecule has 2 N–H and O–H groups in total. The van der Waals surface area contributed by atoms with Crippen molar-refractivity contribution in [2.75, 3.05) is 13.2 Å². The van der Waals surface area contributed by atoms with Gasteiger partial charge in [-0.15, -0.1) is 0 Å². The van der Waals surface area contributed by atoms with Crippen LogP contribution in [0.1, 0.15) is 30.6 Å². The van der Waals surface area contributed by atoms with Crippen LogP contribution in [0.25, 0.3) is 0 Å². The van der Waals surface area contributed by atoms with Crippen molar-refractivity contribution in [3.05, 3.63) is 35.9 Å². The highest BCUT2D eigenvalue weighted by atomic mass is 16.5. The normalized spacial score (nSPS) is 11.7. The van der Waals surface area contributed by atoms with Crippen molar-refractivity contribution < 1.29 is 14.3 Å². The van der Waals surface area contributed by atoms with E-state index in [-0.39, 0.29) is 17.8 Å². The van der Waals surface area contributed by atoms with E-state index in [0.717, 1.165) is 0 Å². The second-order valence-electron chi connectivity index (χ2n) is 4.32. The quantitative estimate of drug-likeness (QED) is 0.578. The maximum atomic E-state index is 11.7. The van der Waals surface area contributed by atoms with E-state index in [1.54, 1.807) is 31.2 Å². The highest BCUT2D eigenvalue weighted by Gasteiger charge is 2.10. The fourth-order valence-corrected chi connectivity index (χ4v) is 1.54. The maximum absolute atomic E-state index is 11.7. The molecule has 1 atom stereocenters. The standard InChI is InChI=1S/C14H20N2O3/c1-3-19-13(17)9-11(2)10-15-16-14(18)12-7-5-4-6-8-12/h4-8,11,15H,3,9-10H2,1-2H3,(H,16,18). The summed E-state index contributed by atoms with van der Waals surface area (Å²) >= 11 is 0. The molecule has 0 saturated heterocycles. The zero-order chi connectivity index (χ0) is 14.1. The third-order valence-electron chi connectivity index (χ3n) is 2.51. The van der Waals surface area contributed by atoms with Crippen LogP contribution in [0.5, 0.6) is 0 Å². The smallest absolute Gasteiger partial charge is 0.306 e. The number of carbonyl (C=O) groups excluding carboxylic acids is 2. The number of nitrogens with one attached hydrogen (secondary N) is 2. The lowest BCUT2D eigenvalue weighted by molar-refractivity contribution is -0.144. The minimum atomic E-state index is -0.216. The molecule has 0 bridgehead atoms. The molecular formula is C14H20N2O3. The molecule has 1 rings (SSSR count). The molecule has 5 heteroatoms. The van der Waals surface area contributed by atoms with Crippen molar-refractivity contribution in [3.8, 4) is 0 Å². The van der Waals surface area contributed by atoms with Crippen LogP contribution < -0.4 is 10.9 Å². The summed E-state index contributed by atoms with van der Waals surface area (Å²) < 4.78 is 4.86. The highest BCUT2D eigenvalue weighted by molar-refractivity contribution is 5.93. The van der Waals surface area contributed by atoms with Gasteiger partial charge in [0.05, 0.1) is 6.61 Å². The number of benzene rings is 1. The van der Waals surface area contributed by atoms with Gasteiger partial charge < -0.3 is 4.74 Å². The van der Waals surface area contributed by atoms with E-state index in [1.807, 2.05) is 13.0 Å². The Hall–Kier alpha value is -1.88. The predicted molar refractivity (Wildman–Crippen MR) is 72.3 cm³/mol. The summed E-state index contributed by atoms with van der Waals surface area (Å²) in [7, 11) is 0. The summed E-state index contributed by atoms with van der Waals surface area (Å²) in [5.74, 6) is -0.315. The molecule has 19 heavy (non-hydrogen) atoms. The lowest BCUT2D eigenvalue weighted by atomic mass is 10.1. The van der Waals surface area contributed by atoms with Gasteiger partial charge in [0.1, 0.15) is 0 Å². The Labute approximate surface area is 113 Å². The molecule has 0 spiro atoms.